The predicted octanol–water partition coefficient (Wildman–Crippen LogP) is 2.65. The molecule has 0 aromatic carbocycles. The molecule has 0 unspecified atom stereocenters. The molecule has 0 saturated carbocycles. The number of hydrogen-bond donors (Lipinski definition) is 1. The molecule has 7 heteroatoms. The van der Waals surface area contributed by atoms with Crippen molar-refractivity contribution in [3.05, 3.63) is 58.7 Å². The lowest BCUT2D eigenvalue weighted by molar-refractivity contribution is 0.103. The second-order valence-electron chi connectivity index (χ2n) is 4.52. The van der Waals surface area contributed by atoms with Crippen molar-refractivity contribution in [2.75, 3.05) is 12.4 Å². The average Bonchev–Trinajstić information content (AvgIpc) is 3.17. The van der Waals surface area contributed by atoms with Crippen molar-refractivity contribution in [1.29, 1.82) is 0 Å². The standard InChI is InChI=1S/C15H14N4O2S/c1-21-12-8-13(22-10-12)15(20)17-14-5-7-19(18-14)9-11-4-2-3-6-16-11/h2-8,10H,9H2,1H3,(H,17,18,20). The summed E-state index contributed by atoms with van der Waals surface area (Å²) in [5, 5.41) is 8.87. The highest BCUT2D eigenvalue weighted by Gasteiger charge is 2.11. The second-order valence-corrected chi connectivity index (χ2v) is 5.44. The van der Waals surface area contributed by atoms with Crippen LogP contribution in [0.1, 0.15) is 15.4 Å². The van der Waals surface area contributed by atoms with Crippen LogP contribution in [0, 0.1) is 0 Å². The third kappa shape index (κ3) is 3.32. The van der Waals surface area contributed by atoms with Crippen molar-refractivity contribution in [1.82, 2.24) is 14.8 Å². The quantitative estimate of drug-likeness (QED) is 0.786. The summed E-state index contributed by atoms with van der Waals surface area (Å²) in [6.07, 6.45) is 3.55. The van der Waals surface area contributed by atoms with Gasteiger partial charge in [0.25, 0.3) is 5.91 Å². The first-order chi connectivity index (χ1) is 10.7. The SMILES string of the molecule is COc1csc(C(=O)Nc2ccn(Cc3ccccn3)n2)c1. The van der Waals surface area contributed by atoms with E-state index < -0.39 is 0 Å². The highest BCUT2D eigenvalue weighted by atomic mass is 32.1. The molecular formula is C15H14N4O2S. The van der Waals surface area contributed by atoms with Crippen molar-refractivity contribution in [2.24, 2.45) is 0 Å². The zero-order valence-electron chi connectivity index (χ0n) is 11.9. The fourth-order valence-electron chi connectivity index (χ4n) is 1.90. The Hall–Kier alpha value is -2.67. The lowest BCUT2D eigenvalue weighted by Gasteiger charge is -2.01. The fourth-order valence-corrected chi connectivity index (χ4v) is 2.65. The van der Waals surface area contributed by atoms with Crippen LogP contribution in [0.4, 0.5) is 5.82 Å². The summed E-state index contributed by atoms with van der Waals surface area (Å²) in [6, 6.07) is 9.18. The number of pyridine rings is 1. The molecule has 3 rings (SSSR count). The number of hydrogen-bond acceptors (Lipinski definition) is 5. The Morgan fingerprint density at radius 3 is 3.05 bits per heavy atom. The molecule has 6 nitrogen and oxygen atoms in total. The lowest BCUT2D eigenvalue weighted by Crippen LogP contribution is -2.11. The van der Waals surface area contributed by atoms with Crippen LogP contribution in [0.5, 0.6) is 5.75 Å². The van der Waals surface area contributed by atoms with Crippen LogP contribution >= 0.6 is 11.3 Å². The molecule has 112 valence electrons. The van der Waals surface area contributed by atoms with Gasteiger partial charge < -0.3 is 10.1 Å². The summed E-state index contributed by atoms with van der Waals surface area (Å²) in [5.74, 6) is 0.987. The van der Waals surface area contributed by atoms with Gasteiger partial charge in [0.15, 0.2) is 5.82 Å². The van der Waals surface area contributed by atoms with Crippen LogP contribution in [0.25, 0.3) is 0 Å². The summed E-state index contributed by atoms with van der Waals surface area (Å²) < 4.78 is 6.80. The molecule has 1 N–H and O–H groups in total. The van der Waals surface area contributed by atoms with E-state index in [1.54, 1.807) is 41.7 Å². The number of carbonyl (C=O) groups is 1. The molecule has 0 aliphatic heterocycles. The Morgan fingerprint density at radius 2 is 2.32 bits per heavy atom. The molecule has 1 amide bonds. The van der Waals surface area contributed by atoms with Gasteiger partial charge in [0.05, 0.1) is 24.2 Å². The zero-order chi connectivity index (χ0) is 15.4. The highest BCUT2D eigenvalue weighted by molar-refractivity contribution is 7.12. The van der Waals surface area contributed by atoms with E-state index in [9.17, 15) is 4.79 Å². The number of rotatable bonds is 5. The van der Waals surface area contributed by atoms with Crippen LogP contribution in [0.15, 0.2) is 48.1 Å². The van der Waals surface area contributed by atoms with E-state index in [0.717, 1.165) is 5.69 Å². The topological polar surface area (TPSA) is 69.0 Å². The number of carbonyl (C=O) groups excluding carboxylic acids is 1. The highest BCUT2D eigenvalue weighted by Crippen LogP contribution is 2.21. The molecule has 0 atom stereocenters. The summed E-state index contributed by atoms with van der Waals surface area (Å²) in [4.78, 5) is 16.9. The Kier molecular flexibility index (Phi) is 4.15. The molecule has 0 fully saturated rings. The van der Waals surface area contributed by atoms with Crippen LogP contribution < -0.4 is 10.1 Å². The van der Waals surface area contributed by atoms with Crippen molar-refractivity contribution in [3.63, 3.8) is 0 Å². The largest absolute Gasteiger partial charge is 0.496 e. The van der Waals surface area contributed by atoms with Gasteiger partial charge in [-0.3, -0.25) is 14.5 Å². The molecule has 0 radical (unpaired) electrons. The number of nitrogens with one attached hydrogen (secondary N) is 1. The molecule has 0 aliphatic carbocycles. The van der Waals surface area contributed by atoms with Crippen LogP contribution in [0.2, 0.25) is 0 Å². The smallest absolute Gasteiger partial charge is 0.267 e. The first kappa shape index (κ1) is 14.3. The summed E-state index contributed by atoms with van der Waals surface area (Å²) in [5.41, 5.74) is 0.909. The van der Waals surface area contributed by atoms with E-state index in [1.807, 2.05) is 18.2 Å². The van der Waals surface area contributed by atoms with E-state index in [-0.39, 0.29) is 5.91 Å². The minimum absolute atomic E-state index is 0.198. The molecule has 3 aromatic rings. The van der Waals surface area contributed by atoms with E-state index in [1.165, 1.54) is 11.3 Å². The average molecular weight is 314 g/mol. The summed E-state index contributed by atoms with van der Waals surface area (Å²) in [6.45, 7) is 0.559. The first-order valence-corrected chi connectivity index (χ1v) is 7.50. The molecule has 3 heterocycles. The minimum atomic E-state index is -0.198. The monoisotopic (exact) mass is 314 g/mol. The van der Waals surface area contributed by atoms with Gasteiger partial charge >= 0.3 is 0 Å². The Labute approximate surface area is 131 Å². The molecule has 0 spiro atoms. The number of anilines is 1. The maximum atomic E-state index is 12.1. The van der Waals surface area contributed by atoms with Gasteiger partial charge in [0, 0.05) is 29.9 Å². The summed E-state index contributed by atoms with van der Waals surface area (Å²) >= 11 is 1.33. The molecule has 0 bridgehead atoms. The molecule has 22 heavy (non-hydrogen) atoms. The predicted molar refractivity (Wildman–Crippen MR) is 84.4 cm³/mol. The number of methoxy groups -OCH3 is 1. The van der Waals surface area contributed by atoms with Gasteiger partial charge in [-0.2, -0.15) is 5.10 Å². The van der Waals surface area contributed by atoms with Crippen molar-refractivity contribution < 1.29 is 9.53 Å². The normalized spacial score (nSPS) is 10.4. The van der Waals surface area contributed by atoms with Gasteiger partial charge in [0.1, 0.15) is 5.75 Å². The summed E-state index contributed by atoms with van der Waals surface area (Å²) in [7, 11) is 1.57. The molecule has 0 aliphatic rings. The van der Waals surface area contributed by atoms with E-state index in [2.05, 4.69) is 15.4 Å². The van der Waals surface area contributed by atoms with Crippen molar-refractivity contribution in [3.8, 4) is 5.75 Å². The number of nitrogens with zero attached hydrogens (tertiary/aromatic N) is 3. The maximum absolute atomic E-state index is 12.1. The van der Waals surface area contributed by atoms with E-state index in [0.29, 0.717) is 23.0 Å². The third-order valence-electron chi connectivity index (χ3n) is 2.97. The second kappa shape index (κ2) is 6.40. The molecule has 0 saturated heterocycles. The Bertz CT molecular complexity index is 767. The maximum Gasteiger partial charge on any atom is 0.267 e. The third-order valence-corrected chi connectivity index (χ3v) is 3.87. The Balaban J connectivity index is 1.65. The van der Waals surface area contributed by atoms with E-state index in [4.69, 9.17) is 4.74 Å². The lowest BCUT2D eigenvalue weighted by atomic mass is 10.3. The van der Waals surface area contributed by atoms with Gasteiger partial charge in [-0.05, 0) is 12.1 Å². The number of amides is 1. The van der Waals surface area contributed by atoms with Crippen LogP contribution in [0.3, 0.4) is 0 Å². The van der Waals surface area contributed by atoms with Crippen LogP contribution in [-0.4, -0.2) is 27.8 Å². The van der Waals surface area contributed by atoms with Crippen LogP contribution in [-0.2, 0) is 6.54 Å². The van der Waals surface area contributed by atoms with Gasteiger partial charge in [-0.15, -0.1) is 11.3 Å². The van der Waals surface area contributed by atoms with E-state index >= 15 is 0 Å². The number of thiophene rings is 1. The van der Waals surface area contributed by atoms with Gasteiger partial charge in [-0.25, -0.2) is 0 Å². The molecular weight excluding hydrogens is 300 g/mol. The number of ether oxygens (including phenoxy) is 1. The van der Waals surface area contributed by atoms with Crippen molar-refractivity contribution >= 4 is 23.1 Å². The Morgan fingerprint density at radius 1 is 1.41 bits per heavy atom. The zero-order valence-corrected chi connectivity index (χ0v) is 12.7. The molecule has 3 aromatic heterocycles. The minimum Gasteiger partial charge on any atom is -0.496 e. The fraction of sp³-hybridized carbons (Fsp3) is 0.133. The van der Waals surface area contributed by atoms with Gasteiger partial charge in [-0.1, -0.05) is 6.07 Å². The first-order valence-electron chi connectivity index (χ1n) is 6.62. The number of aromatic nitrogens is 3. The van der Waals surface area contributed by atoms with Crippen molar-refractivity contribution in [2.45, 2.75) is 6.54 Å². The van der Waals surface area contributed by atoms with Gasteiger partial charge in [0.2, 0.25) is 0 Å².